The summed E-state index contributed by atoms with van der Waals surface area (Å²) in [6.07, 6.45) is 4.48. The first-order valence-corrected chi connectivity index (χ1v) is 4.72. The summed E-state index contributed by atoms with van der Waals surface area (Å²) in [7, 11) is 0. The standard InChI is InChI=1S/C9H13N3O2/c13-8-1-2-9(14)12(8)4-3-7-5-10-6-11-7/h5-6,8,13H,1-4H2,(H,10,11)/t8-/m1/s1. The predicted molar refractivity (Wildman–Crippen MR) is 49.2 cm³/mol. The highest BCUT2D eigenvalue weighted by Crippen LogP contribution is 2.16. The lowest BCUT2D eigenvalue weighted by atomic mass is 10.3. The van der Waals surface area contributed by atoms with E-state index in [-0.39, 0.29) is 5.91 Å². The van der Waals surface area contributed by atoms with E-state index < -0.39 is 6.23 Å². The molecule has 0 bridgehead atoms. The number of aliphatic hydroxyl groups excluding tert-OH is 1. The van der Waals surface area contributed by atoms with E-state index in [1.165, 1.54) is 4.90 Å². The first-order valence-electron chi connectivity index (χ1n) is 4.72. The second-order valence-corrected chi connectivity index (χ2v) is 3.43. The second-order valence-electron chi connectivity index (χ2n) is 3.43. The number of hydrogen-bond donors (Lipinski definition) is 2. The molecule has 1 saturated heterocycles. The summed E-state index contributed by atoms with van der Waals surface area (Å²) in [4.78, 5) is 19.6. The van der Waals surface area contributed by atoms with Gasteiger partial charge in [0.05, 0.1) is 6.33 Å². The van der Waals surface area contributed by atoms with E-state index in [0.717, 1.165) is 5.69 Å². The summed E-state index contributed by atoms with van der Waals surface area (Å²) in [5.41, 5.74) is 0.983. The van der Waals surface area contributed by atoms with Gasteiger partial charge in [0.2, 0.25) is 5.91 Å². The molecule has 0 aromatic carbocycles. The summed E-state index contributed by atoms with van der Waals surface area (Å²) in [6.45, 7) is 0.558. The lowest BCUT2D eigenvalue weighted by Gasteiger charge is -2.19. The second kappa shape index (κ2) is 3.79. The van der Waals surface area contributed by atoms with Crippen LogP contribution in [-0.2, 0) is 11.2 Å². The van der Waals surface area contributed by atoms with Crippen LogP contribution >= 0.6 is 0 Å². The maximum atomic E-state index is 11.3. The van der Waals surface area contributed by atoms with E-state index in [9.17, 15) is 9.90 Å². The normalized spacial score (nSPS) is 21.9. The fraction of sp³-hybridized carbons (Fsp3) is 0.556. The van der Waals surface area contributed by atoms with Gasteiger partial charge in [-0.15, -0.1) is 0 Å². The van der Waals surface area contributed by atoms with E-state index in [0.29, 0.717) is 25.8 Å². The fourth-order valence-corrected chi connectivity index (χ4v) is 1.65. The molecule has 14 heavy (non-hydrogen) atoms. The molecule has 76 valence electrons. The van der Waals surface area contributed by atoms with Crippen molar-refractivity contribution in [3.63, 3.8) is 0 Å². The number of imidazole rings is 1. The van der Waals surface area contributed by atoms with Gasteiger partial charge in [-0.1, -0.05) is 0 Å². The van der Waals surface area contributed by atoms with Crippen molar-refractivity contribution in [2.45, 2.75) is 25.5 Å². The third kappa shape index (κ3) is 1.77. The first-order chi connectivity index (χ1) is 6.77. The van der Waals surface area contributed by atoms with Crippen molar-refractivity contribution < 1.29 is 9.90 Å². The van der Waals surface area contributed by atoms with Crippen molar-refractivity contribution in [1.29, 1.82) is 0 Å². The molecule has 1 aromatic rings. The molecule has 5 nitrogen and oxygen atoms in total. The number of likely N-dealkylation sites (tertiary alicyclic amines) is 1. The van der Waals surface area contributed by atoms with Gasteiger partial charge in [0, 0.05) is 37.7 Å². The number of hydrogen-bond acceptors (Lipinski definition) is 3. The molecule has 2 rings (SSSR count). The van der Waals surface area contributed by atoms with Crippen molar-refractivity contribution in [3.05, 3.63) is 18.2 Å². The Morgan fingerprint density at radius 3 is 3.14 bits per heavy atom. The molecule has 1 aromatic heterocycles. The molecule has 0 unspecified atom stereocenters. The van der Waals surface area contributed by atoms with Crippen molar-refractivity contribution in [1.82, 2.24) is 14.9 Å². The molecule has 1 amide bonds. The van der Waals surface area contributed by atoms with Crippen LogP contribution in [0.2, 0.25) is 0 Å². The van der Waals surface area contributed by atoms with E-state index in [1.54, 1.807) is 12.5 Å². The Morgan fingerprint density at radius 1 is 1.71 bits per heavy atom. The fourth-order valence-electron chi connectivity index (χ4n) is 1.65. The summed E-state index contributed by atoms with van der Waals surface area (Å²) < 4.78 is 0. The number of amides is 1. The Bertz CT molecular complexity index is 310. The van der Waals surface area contributed by atoms with Gasteiger partial charge >= 0.3 is 0 Å². The van der Waals surface area contributed by atoms with Gasteiger partial charge in [0.15, 0.2) is 0 Å². The minimum Gasteiger partial charge on any atom is -0.374 e. The summed E-state index contributed by atoms with van der Waals surface area (Å²) in [6, 6.07) is 0. The van der Waals surface area contributed by atoms with Crippen LogP contribution in [0.3, 0.4) is 0 Å². The summed E-state index contributed by atoms with van der Waals surface area (Å²) >= 11 is 0. The molecule has 0 radical (unpaired) electrons. The highest BCUT2D eigenvalue weighted by Gasteiger charge is 2.28. The monoisotopic (exact) mass is 195 g/mol. The minimum absolute atomic E-state index is 0.0389. The largest absolute Gasteiger partial charge is 0.374 e. The zero-order valence-corrected chi connectivity index (χ0v) is 7.81. The summed E-state index contributed by atoms with van der Waals surface area (Å²) in [5, 5.41) is 9.47. The third-order valence-corrected chi connectivity index (χ3v) is 2.47. The van der Waals surface area contributed by atoms with Crippen LogP contribution in [0.15, 0.2) is 12.5 Å². The Hall–Kier alpha value is -1.36. The average Bonchev–Trinajstić information content (AvgIpc) is 2.76. The van der Waals surface area contributed by atoms with Crippen molar-refractivity contribution in [3.8, 4) is 0 Å². The molecular weight excluding hydrogens is 182 g/mol. The zero-order valence-electron chi connectivity index (χ0n) is 7.81. The number of nitrogens with one attached hydrogen (secondary N) is 1. The van der Waals surface area contributed by atoms with E-state index in [1.807, 2.05) is 0 Å². The summed E-state index contributed by atoms with van der Waals surface area (Å²) in [5.74, 6) is 0.0389. The average molecular weight is 195 g/mol. The molecule has 1 aliphatic heterocycles. The van der Waals surface area contributed by atoms with Crippen molar-refractivity contribution in [2.24, 2.45) is 0 Å². The first kappa shape index (κ1) is 9.21. The van der Waals surface area contributed by atoms with Gasteiger partial charge in [0.25, 0.3) is 0 Å². The van der Waals surface area contributed by atoms with Crippen LogP contribution in [0.1, 0.15) is 18.5 Å². The van der Waals surface area contributed by atoms with E-state index in [2.05, 4.69) is 9.97 Å². The molecular formula is C9H13N3O2. The number of aliphatic hydroxyl groups is 1. The Morgan fingerprint density at radius 2 is 2.57 bits per heavy atom. The SMILES string of the molecule is O=C1CC[C@@H](O)N1CCc1cnc[nH]1. The third-order valence-electron chi connectivity index (χ3n) is 2.47. The maximum Gasteiger partial charge on any atom is 0.224 e. The topological polar surface area (TPSA) is 69.2 Å². The molecule has 5 heteroatoms. The number of nitrogens with zero attached hydrogens (tertiary/aromatic N) is 2. The van der Waals surface area contributed by atoms with Crippen LogP contribution in [0.25, 0.3) is 0 Å². The van der Waals surface area contributed by atoms with Gasteiger partial charge in [-0.25, -0.2) is 4.98 Å². The van der Waals surface area contributed by atoms with Gasteiger partial charge in [-0.2, -0.15) is 0 Å². The predicted octanol–water partition coefficient (Wildman–Crippen LogP) is -0.107. The highest BCUT2D eigenvalue weighted by molar-refractivity contribution is 5.78. The Labute approximate surface area is 81.8 Å². The van der Waals surface area contributed by atoms with Crippen molar-refractivity contribution >= 4 is 5.91 Å². The molecule has 2 heterocycles. The van der Waals surface area contributed by atoms with Gasteiger partial charge in [0.1, 0.15) is 6.23 Å². The number of H-pyrrole nitrogens is 1. The quantitative estimate of drug-likeness (QED) is 0.707. The van der Waals surface area contributed by atoms with Crippen LogP contribution in [0.5, 0.6) is 0 Å². The van der Waals surface area contributed by atoms with E-state index >= 15 is 0 Å². The molecule has 1 aliphatic rings. The number of carbonyl (C=O) groups excluding carboxylic acids is 1. The number of carbonyl (C=O) groups is 1. The molecule has 1 fully saturated rings. The van der Waals surface area contributed by atoms with Crippen LogP contribution in [0.4, 0.5) is 0 Å². The molecule has 0 spiro atoms. The Kier molecular flexibility index (Phi) is 2.49. The maximum absolute atomic E-state index is 11.3. The van der Waals surface area contributed by atoms with Gasteiger partial charge in [-0.3, -0.25) is 4.79 Å². The molecule has 2 N–H and O–H groups in total. The van der Waals surface area contributed by atoms with Crippen LogP contribution in [0, 0.1) is 0 Å². The van der Waals surface area contributed by atoms with E-state index in [4.69, 9.17) is 0 Å². The highest BCUT2D eigenvalue weighted by atomic mass is 16.3. The van der Waals surface area contributed by atoms with Crippen LogP contribution < -0.4 is 0 Å². The van der Waals surface area contributed by atoms with Crippen molar-refractivity contribution in [2.75, 3.05) is 6.54 Å². The molecule has 0 aliphatic carbocycles. The van der Waals surface area contributed by atoms with Gasteiger partial charge in [-0.05, 0) is 0 Å². The number of aromatic amines is 1. The number of rotatable bonds is 3. The molecule has 1 atom stereocenters. The zero-order chi connectivity index (χ0) is 9.97. The smallest absolute Gasteiger partial charge is 0.224 e. The van der Waals surface area contributed by atoms with Gasteiger partial charge < -0.3 is 15.0 Å². The lowest BCUT2D eigenvalue weighted by Crippen LogP contribution is -2.34. The number of aromatic nitrogens is 2. The van der Waals surface area contributed by atoms with Crippen LogP contribution in [-0.4, -0.2) is 38.7 Å². The molecule has 0 saturated carbocycles. The minimum atomic E-state index is -0.592. The Balaban J connectivity index is 1.88. The lowest BCUT2D eigenvalue weighted by molar-refractivity contribution is -0.133.